The smallest absolute Gasteiger partial charge is 0.264 e. The van der Waals surface area contributed by atoms with E-state index in [1.165, 1.54) is 24.0 Å². The molecule has 0 atom stereocenters. The zero-order valence-electron chi connectivity index (χ0n) is 13.9. The van der Waals surface area contributed by atoms with Crippen LogP contribution in [0.15, 0.2) is 5.38 Å². The highest BCUT2D eigenvalue weighted by Crippen LogP contribution is 2.34. The van der Waals surface area contributed by atoms with Gasteiger partial charge in [0.05, 0.1) is 23.5 Å². The van der Waals surface area contributed by atoms with E-state index in [1.54, 1.807) is 11.3 Å². The van der Waals surface area contributed by atoms with Gasteiger partial charge in [0.2, 0.25) is 5.91 Å². The fraction of sp³-hybridized carbons (Fsp3) is 0.667. The topological polar surface area (TPSA) is 58.6 Å². The zero-order valence-corrected chi connectivity index (χ0v) is 14.8. The SMILES string of the molecule is O=C1CC2(CCN(C(=O)c3scc4c3CCCC4)CC2)OCCN1. The number of fused-ring (bicyclic) bond motifs is 1. The molecule has 0 aromatic carbocycles. The number of carbonyl (C=O) groups is 2. The van der Waals surface area contributed by atoms with Gasteiger partial charge >= 0.3 is 0 Å². The van der Waals surface area contributed by atoms with Gasteiger partial charge in [0.15, 0.2) is 0 Å². The first-order valence-corrected chi connectivity index (χ1v) is 9.84. The Balaban J connectivity index is 1.45. The van der Waals surface area contributed by atoms with Gasteiger partial charge in [-0.1, -0.05) is 0 Å². The molecule has 2 amide bonds. The summed E-state index contributed by atoms with van der Waals surface area (Å²) in [6.45, 7) is 2.51. The van der Waals surface area contributed by atoms with E-state index < -0.39 is 0 Å². The van der Waals surface area contributed by atoms with Crippen LogP contribution in [0.4, 0.5) is 0 Å². The van der Waals surface area contributed by atoms with Gasteiger partial charge in [0, 0.05) is 19.6 Å². The first kappa shape index (κ1) is 16.1. The van der Waals surface area contributed by atoms with Gasteiger partial charge in [-0.05, 0) is 55.0 Å². The number of nitrogens with one attached hydrogen (secondary N) is 1. The second kappa shape index (κ2) is 6.48. The van der Waals surface area contributed by atoms with Crippen LogP contribution in [0.3, 0.4) is 0 Å². The molecular formula is C18H24N2O3S. The number of likely N-dealkylation sites (tertiary alicyclic amines) is 1. The zero-order chi connectivity index (χ0) is 16.6. The molecule has 2 fully saturated rings. The standard InChI is InChI=1S/C18H24N2O3S/c21-15-11-18(23-10-7-19-15)5-8-20(9-6-18)17(22)16-14-4-2-1-3-13(14)12-24-16/h12H,1-11H2,(H,19,21). The average Bonchev–Trinajstić information content (AvgIpc) is 2.94. The Morgan fingerprint density at radius 3 is 2.88 bits per heavy atom. The number of rotatable bonds is 1. The lowest BCUT2D eigenvalue weighted by Gasteiger charge is -2.40. The summed E-state index contributed by atoms with van der Waals surface area (Å²) in [7, 11) is 0. The lowest BCUT2D eigenvalue weighted by Crippen LogP contribution is -2.49. The van der Waals surface area contributed by atoms with Gasteiger partial charge in [-0.25, -0.2) is 0 Å². The Bertz CT molecular complexity index is 647. The molecule has 130 valence electrons. The molecule has 4 rings (SSSR count). The van der Waals surface area contributed by atoms with Gasteiger partial charge in [-0.15, -0.1) is 11.3 Å². The molecule has 1 aromatic rings. The quantitative estimate of drug-likeness (QED) is 0.846. The largest absolute Gasteiger partial charge is 0.372 e. The van der Waals surface area contributed by atoms with Crippen molar-refractivity contribution in [3.05, 3.63) is 21.4 Å². The van der Waals surface area contributed by atoms with Gasteiger partial charge in [0.25, 0.3) is 5.91 Å². The molecule has 0 bridgehead atoms. The third-order valence-electron chi connectivity index (χ3n) is 5.57. The van der Waals surface area contributed by atoms with Crippen molar-refractivity contribution in [3.8, 4) is 0 Å². The normalized spacial score (nSPS) is 23.5. The number of ether oxygens (including phenoxy) is 1. The van der Waals surface area contributed by atoms with Gasteiger partial charge in [0.1, 0.15) is 0 Å². The molecule has 24 heavy (non-hydrogen) atoms. The highest BCUT2D eigenvalue weighted by Gasteiger charge is 2.40. The molecule has 3 heterocycles. The minimum Gasteiger partial charge on any atom is -0.372 e. The molecule has 2 saturated heterocycles. The van der Waals surface area contributed by atoms with Crippen molar-refractivity contribution in [2.24, 2.45) is 0 Å². The number of carbonyl (C=O) groups excluding carboxylic acids is 2. The Hall–Kier alpha value is -1.40. The van der Waals surface area contributed by atoms with Crippen LogP contribution in [-0.4, -0.2) is 48.6 Å². The lowest BCUT2D eigenvalue weighted by atomic mass is 9.87. The maximum atomic E-state index is 13.0. The van der Waals surface area contributed by atoms with Gasteiger partial charge in [-0.2, -0.15) is 0 Å². The van der Waals surface area contributed by atoms with Gasteiger partial charge < -0.3 is 15.0 Å². The minimum atomic E-state index is -0.369. The van der Waals surface area contributed by atoms with Crippen LogP contribution in [0.1, 0.15) is 52.9 Å². The van der Waals surface area contributed by atoms with E-state index in [0.717, 1.165) is 30.6 Å². The first-order chi connectivity index (χ1) is 11.7. The van der Waals surface area contributed by atoms with Crippen molar-refractivity contribution in [1.82, 2.24) is 10.2 Å². The van der Waals surface area contributed by atoms with Gasteiger partial charge in [-0.3, -0.25) is 9.59 Å². The second-order valence-corrected chi connectivity index (χ2v) is 8.01. The molecule has 0 radical (unpaired) electrons. The molecule has 1 N–H and O–H groups in total. The first-order valence-electron chi connectivity index (χ1n) is 8.96. The minimum absolute atomic E-state index is 0.0691. The summed E-state index contributed by atoms with van der Waals surface area (Å²) in [5.74, 6) is 0.246. The van der Waals surface area contributed by atoms with E-state index in [-0.39, 0.29) is 17.4 Å². The highest BCUT2D eigenvalue weighted by atomic mass is 32.1. The van der Waals surface area contributed by atoms with E-state index >= 15 is 0 Å². The molecule has 1 aliphatic carbocycles. The molecule has 5 nitrogen and oxygen atoms in total. The highest BCUT2D eigenvalue weighted by molar-refractivity contribution is 7.12. The Kier molecular flexibility index (Phi) is 4.35. The summed E-state index contributed by atoms with van der Waals surface area (Å²) in [5, 5.41) is 5.04. The average molecular weight is 348 g/mol. The van der Waals surface area contributed by atoms with E-state index in [9.17, 15) is 9.59 Å². The third-order valence-corrected chi connectivity index (χ3v) is 6.63. The number of thiophene rings is 1. The monoisotopic (exact) mass is 348 g/mol. The Labute approximate surface area is 146 Å². The summed E-state index contributed by atoms with van der Waals surface area (Å²) >= 11 is 1.61. The number of piperidine rings is 1. The molecule has 6 heteroatoms. The second-order valence-electron chi connectivity index (χ2n) is 7.13. The molecule has 3 aliphatic rings. The molecule has 2 aliphatic heterocycles. The van der Waals surface area contributed by atoms with Crippen LogP contribution in [0.5, 0.6) is 0 Å². The van der Waals surface area contributed by atoms with E-state index in [2.05, 4.69) is 10.7 Å². The van der Waals surface area contributed by atoms with E-state index in [4.69, 9.17) is 4.74 Å². The maximum Gasteiger partial charge on any atom is 0.264 e. The number of hydrogen-bond acceptors (Lipinski definition) is 4. The molecule has 0 unspecified atom stereocenters. The molecule has 0 saturated carbocycles. The van der Waals surface area contributed by atoms with E-state index in [1.807, 2.05) is 4.90 Å². The number of amides is 2. The van der Waals surface area contributed by atoms with E-state index in [0.29, 0.717) is 32.7 Å². The number of hydrogen-bond donors (Lipinski definition) is 1. The summed E-state index contributed by atoms with van der Waals surface area (Å²) in [5.41, 5.74) is 2.31. The lowest BCUT2D eigenvalue weighted by molar-refractivity contribution is -0.127. The van der Waals surface area contributed by atoms with Crippen LogP contribution in [0.2, 0.25) is 0 Å². The van der Waals surface area contributed by atoms with Crippen molar-refractivity contribution >= 4 is 23.2 Å². The van der Waals surface area contributed by atoms with Crippen LogP contribution < -0.4 is 5.32 Å². The van der Waals surface area contributed by atoms with Crippen molar-refractivity contribution < 1.29 is 14.3 Å². The maximum absolute atomic E-state index is 13.0. The summed E-state index contributed by atoms with van der Waals surface area (Å²) < 4.78 is 5.99. The van der Waals surface area contributed by atoms with Crippen molar-refractivity contribution in [2.45, 2.75) is 50.5 Å². The van der Waals surface area contributed by atoms with Crippen LogP contribution in [0, 0.1) is 0 Å². The summed E-state index contributed by atoms with van der Waals surface area (Å²) in [4.78, 5) is 27.7. The summed E-state index contributed by atoms with van der Waals surface area (Å²) in [6.07, 6.45) is 6.51. The molecular weight excluding hydrogens is 324 g/mol. The van der Waals surface area contributed by atoms with Crippen molar-refractivity contribution in [3.63, 3.8) is 0 Å². The molecule has 1 aromatic heterocycles. The predicted octanol–water partition coefficient (Wildman–Crippen LogP) is 2.14. The van der Waals surface area contributed by atoms with Crippen LogP contribution in [0.25, 0.3) is 0 Å². The predicted molar refractivity (Wildman–Crippen MR) is 92.4 cm³/mol. The fourth-order valence-corrected chi connectivity index (χ4v) is 5.27. The van der Waals surface area contributed by atoms with Crippen LogP contribution >= 0.6 is 11.3 Å². The Morgan fingerprint density at radius 1 is 1.25 bits per heavy atom. The summed E-state index contributed by atoms with van der Waals surface area (Å²) in [6, 6.07) is 0. The Morgan fingerprint density at radius 2 is 2.04 bits per heavy atom. The molecule has 1 spiro atoms. The van der Waals surface area contributed by atoms with Crippen molar-refractivity contribution in [2.75, 3.05) is 26.2 Å². The number of aryl methyl sites for hydroxylation is 1. The fourth-order valence-electron chi connectivity index (χ4n) is 4.14. The third kappa shape index (κ3) is 2.97. The van der Waals surface area contributed by atoms with Crippen LogP contribution in [-0.2, 0) is 22.4 Å². The number of nitrogens with zero attached hydrogens (tertiary/aromatic N) is 1. The van der Waals surface area contributed by atoms with Crippen molar-refractivity contribution in [1.29, 1.82) is 0 Å².